The van der Waals surface area contributed by atoms with Crippen LogP contribution in [0.1, 0.15) is 77.3 Å². The highest BCUT2D eigenvalue weighted by molar-refractivity contribution is 7.04. The fourth-order valence-corrected chi connectivity index (χ4v) is 4.93. The zero-order chi connectivity index (χ0) is 19.5. The summed E-state index contributed by atoms with van der Waals surface area (Å²) in [4.78, 5) is 18.2. The summed E-state index contributed by atoms with van der Waals surface area (Å²) in [7, 11) is 0. The predicted octanol–water partition coefficient (Wildman–Crippen LogP) is 5.59. The second kappa shape index (κ2) is 8.14. The number of unbranched alkanes of at least 4 members (excludes halogenated alkanes) is 1. The molecule has 0 atom stereocenters. The van der Waals surface area contributed by atoms with Gasteiger partial charge in [0, 0.05) is 17.3 Å². The number of carbonyl (C=O) groups excluding carboxylic acids is 1. The lowest BCUT2D eigenvalue weighted by Crippen LogP contribution is -2.33. The first-order valence-electron chi connectivity index (χ1n) is 10.2. The Morgan fingerprint density at radius 1 is 1.19 bits per heavy atom. The van der Waals surface area contributed by atoms with Crippen molar-refractivity contribution >= 4 is 17.4 Å². The first-order chi connectivity index (χ1) is 12.9. The van der Waals surface area contributed by atoms with Crippen LogP contribution in [0.5, 0.6) is 0 Å². The van der Waals surface area contributed by atoms with E-state index in [4.69, 9.17) is 4.99 Å². The Morgan fingerprint density at radius 3 is 2.44 bits per heavy atom. The van der Waals surface area contributed by atoms with Crippen molar-refractivity contribution in [3.63, 3.8) is 0 Å². The van der Waals surface area contributed by atoms with Crippen molar-refractivity contribution in [2.75, 3.05) is 0 Å². The normalized spacial score (nSPS) is 17.4. The van der Waals surface area contributed by atoms with E-state index < -0.39 is 5.41 Å². The van der Waals surface area contributed by atoms with Crippen LogP contribution in [-0.2, 0) is 22.2 Å². The lowest BCUT2D eigenvalue weighted by Gasteiger charge is -2.25. The van der Waals surface area contributed by atoms with Gasteiger partial charge in [0.25, 0.3) is 5.91 Å². The van der Waals surface area contributed by atoms with Gasteiger partial charge in [-0.05, 0) is 63.6 Å². The zero-order valence-electron chi connectivity index (χ0n) is 17.1. The summed E-state index contributed by atoms with van der Waals surface area (Å²) in [5, 5.41) is 0. The van der Waals surface area contributed by atoms with Crippen LogP contribution in [0.15, 0.2) is 41.5 Å². The van der Waals surface area contributed by atoms with Gasteiger partial charge in [-0.2, -0.15) is 0 Å². The minimum Gasteiger partial charge on any atom is -0.298 e. The number of benzene rings is 1. The van der Waals surface area contributed by atoms with Crippen LogP contribution in [0.4, 0.5) is 0 Å². The molecule has 0 aliphatic heterocycles. The second-order valence-corrected chi connectivity index (χ2v) is 9.69. The highest BCUT2D eigenvalue weighted by atomic mass is 32.1. The highest BCUT2D eigenvalue weighted by Crippen LogP contribution is 2.42. The maximum atomic E-state index is 13.5. The molecule has 1 fully saturated rings. The van der Waals surface area contributed by atoms with E-state index in [2.05, 4.69) is 50.0 Å². The lowest BCUT2D eigenvalue weighted by molar-refractivity contribution is -0.123. The van der Waals surface area contributed by atoms with Gasteiger partial charge in [-0.25, -0.2) is 4.99 Å². The summed E-state index contributed by atoms with van der Waals surface area (Å²) in [5.41, 5.74) is 1.92. The summed E-state index contributed by atoms with van der Waals surface area (Å²) in [5.74, 6) is 0.0480. The summed E-state index contributed by atoms with van der Waals surface area (Å²) >= 11 is 1.63. The van der Waals surface area contributed by atoms with Gasteiger partial charge in [0.2, 0.25) is 0 Å². The molecule has 2 aromatic rings. The molecular formula is C23H32N2OS. The summed E-state index contributed by atoms with van der Waals surface area (Å²) in [6.07, 6.45) is 9.49. The van der Waals surface area contributed by atoms with Gasteiger partial charge < -0.3 is 0 Å². The average molecular weight is 385 g/mol. The first-order valence-corrected chi connectivity index (χ1v) is 11.0. The highest BCUT2D eigenvalue weighted by Gasteiger charge is 2.42. The average Bonchev–Trinajstić information content (AvgIpc) is 3.28. The summed E-state index contributed by atoms with van der Waals surface area (Å²) < 4.78 is 3.15. The number of carbonyl (C=O) groups is 1. The van der Waals surface area contributed by atoms with Crippen LogP contribution in [0.2, 0.25) is 0 Å². The Kier molecular flexibility index (Phi) is 6.05. The Labute approximate surface area is 167 Å². The van der Waals surface area contributed by atoms with Crippen molar-refractivity contribution in [3.05, 3.63) is 52.3 Å². The summed E-state index contributed by atoms with van der Waals surface area (Å²) in [6, 6.07) is 10.3. The van der Waals surface area contributed by atoms with Crippen LogP contribution in [0, 0.1) is 0 Å². The van der Waals surface area contributed by atoms with Gasteiger partial charge in [-0.3, -0.25) is 8.75 Å². The van der Waals surface area contributed by atoms with E-state index in [1.165, 1.54) is 5.56 Å². The molecule has 0 saturated heterocycles. The van der Waals surface area contributed by atoms with E-state index in [1.807, 2.05) is 18.2 Å². The van der Waals surface area contributed by atoms with Crippen molar-refractivity contribution in [1.29, 1.82) is 0 Å². The molecule has 4 heteroatoms. The first kappa shape index (κ1) is 20.1. The van der Waals surface area contributed by atoms with E-state index in [-0.39, 0.29) is 11.4 Å². The SMILES string of the molecule is CCCCc1cn(C(C)(C)C)sc1=NC(=O)C1(c2ccccc2)CCCC1. The molecule has 1 aromatic carbocycles. The van der Waals surface area contributed by atoms with E-state index in [0.717, 1.165) is 55.2 Å². The number of aryl methyl sites for hydroxylation is 1. The maximum absolute atomic E-state index is 13.5. The van der Waals surface area contributed by atoms with Gasteiger partial charge in [-0.15, -0.1) is 0 Å². The third-order valence-corrected chi connectivity index (χ3v) is 6.97. The second-order valence-electron chi connectivity index (χ2n) is 8.72. The van der Waals surface area contributed by atoms with Crippen molar-refractivity contribution in [2.24, 2.45) is 4.99 Å². The monoisotopic (exact) mass is 384 g/mol. The quantitative estimate of drug-likeness (QED) is 0.662. The van der Waals surface area contributed by atoms with Crippen LogP contribution in [-0.4, -0.2) is 9.86 Å². The fourth-order valence-electron chi connectivity index (χ4n) is 3.90. The number of aromatic nitrogens is 1. The Morgan fingerprint density at radius 2 is 1.85 bits per heavy atom. The van der Waals surface area contributed by atoms with E-state index in [0.29, 0.717) is 0 Å². The molecule has 0 radical (unpaired) electrons. The number of rotatable bonds is 5. The largest absolute Gasteiger partial charge is 0.298 e. The van der Waals surface area contributed by atoms with Crippen molar-refractivity contribution in [2.45, 2.75) is 83.6 Å². The summed E-state index contributed by atoms with van der Waals surface area (Å²) in [6.45, 7) is 8.79. The van der Waals surface area contributed by atoms with Crippen molar-refractivity contribution in [3.8, 4) is 0 Å². The zero-order valence-corrected chi connectivity index (χ0v) is 17.9. The Hall–Kier alpha value is -1.68. The molecule has 146 valence electrons. The molecule has 1 aliphatic rings. The van der Waals surface area contributed by atoms with E-state index in [9.17, 15) is 4.79 Å². The van der Waals surface area contributed by atoms with Gasteiger partial charge >= 0.3 is 0 Å². The fraction of sp³-hybridized carbons (Fsp3) is 0.565. The van der Waals surface area contributed by atoms with Gasteiger partial charge in [-0.1, -0.05) is 56.5 Å². The lowest BCUT2D eigenvalue weighted by atomic mass is 9.78. The van der Waals surface area contributed by atoms with Crippen LogP contribution in [0.25, 0.3) is 0 Å². The molecule has 0 N–H and O–H groups in total. The Balaban J connectivity index is 2.04. The maximum Gasteiger partial charge on any atom is 0.257 e. The third-order valence-electron chi connectivity index (χ3n) is 5.59. The van der Waals surface area contributed by atoms with E-state index >= 15 is 0 Å². The van der Waals surface area contributed by atoms with Crippen molar-refractivity contribution < 1.29 is 4.79 Å². The molecule has 0 spiro atoms. The molecule has 3 rings (SSSR count). The molecule has 1 saturated carbocycles. The third kappa shape index (κ3) is 4.26. The topological polar surface area (TPSA) is 34.4 Å². The minimum absolute atomic E-state index is 0.00687. The number of hydrogen-bond donors (Lipinski definition) is 0. The van der Waals surface area contributed by atoms with Gasteiger partial charge in [0.1, 0.15) is 4.67 Å². The number of hydrogen-bond acceptors (Lipinski definition) is 2. The van der Waals surface area contributed by atoms with Crippen LogP contribution >= 0.6 is 11.5 Å². The molecule has 1 aromatic heterocycles. The van der Waals surface area contributed by atoms with E-state index in [1.54, 1.807) is 11.5 Å². The standard InChI is InChI=1S/C23H32N2OS/c1-5-6-12-18-17-25(22(2,3)4)27-20(18)24-21(26)23(15-10-11-16-23)19-13-8-7-9-14-19/h7-9,13-14,17H,5-6,10-12,15-16H2,1-4H3. The number of amides is 1. The molecule has 0 unspecified atom stereocenters. The molecule has 0 bridgehead atoms. The molecular weight excluding hydrogens is 352 g/mol. The van der Waals surface area contributed by atoms with Gasteiger partial charge in [0.15, 0.2) is 0 Å². The van der Waals surface area contributed by atoms with Gasteiger partial charge in [0.05, 0.1) is 5.41 Å². The minimum atomic E-state index is -0.431. The molecule has 27 heavy (non-hydrogen) atoms. The van der Waals surface area contributed by atoms with Crippen molar-refractivity contribution in [1.82, 2.24) is 3.96 Å². The predicted molar refractivity (Wildman–Crippen MR) is 113 cm³/mol. The Bertz CT molecular complexity index is 833. The van der Waals surface area contributed by atoms with Crippen LogP contribution in [0.3, 0.4) is 0 Å². The number of nitrogens with zero attached hydrogens (tertiary/aromatic N) is 2. The molecule has 1 heterocycles. The molecule has 1 amide bonds. The molecule has 1 aliphatic carbocycles. The smallest absolute Gasteiger partial charge is 0.257 e. The molecule has 3 nitrogen and oxygen atoms in total. The van der Waals surface area contributed by atoms with Crippen LogP contribution < -0.4 is 4.67 Å².